The molecule has 142 valence electrons. The standard InChI is InChI=1S/C24H22O3S/c1-2-3-17-27-23-21-15-9-7-13-19(21)20-14-8-10-16-22(20)24(23)28(25,26)18-11-5-4-6-12-18/h4-16H,2-3,17H2,1H3. The lowest BCUT2D eigenvalue weighted by atomic mass is 10.0. The molecule has 28 heavy (non-hydrogen) atoms. The number of fused-ring (bicyclic) bond motifs is 3. The Morgan fingerprint density at radius 3 is 1.89 bits per heavy atom. The van der Waals surface area contributed by atoms with Crippen molar-refractivity contribution in [3.63, 3.8) is 0 Å². The van der Waals surface area contributed by atoms with Crippen LogP contribution >= 0.6 is 0 Å². The Balaban J connectivity index is 2.11. The van der Waals surface area contributed by atoms with Gasteiger partial charge in [-0.2, -0.15) is 0 Å². The smallest absolute Gasteiger partial charge is 0.210 e. The summed E-state index contributed by atoms with van der Waals surface area (Å²) in [6.07, 6.45) is 1.85. The Hall–Kier alpha value is -2.85. The summed E-state index contributed by atoms with van der Waals surface area (Å²) in [5.41, 5.74) is 0. The van der Waals surface area contributed by atoms with Gasteiger partial charge in [-0.1, -0.05) is 80.1 Å². The van der Waals surface area contributed by atoms with Crippen LogP contribution in [0, 0.1) is 0 Å². The zero-order valence-corrected chi connectivity index (χ0v) is 16.6. The van der Waals surface area contributed by atoms with E-state index in [0.29, 0.717) is 17.7 Å². The minimum absolute atomic E-state index is 0.254. The molecule has 0 N–H and O–H groups in total. The van der Waals surface area contributed by atoms with Crippen LogP contribution in [-0.4, -0.2) is 15.0 Å². The quantitative estimate of drug-likeness (QED) is 0.299. The fourth-order valence-electron chi connectivity index (χ4n) is 3.52. The second-order valence-electron chi connectivity index (χ2n) is 6.77. The molecule has 0 aliphatic carbocycles. The molecule has 4 aromatic rings. The number of ether oxygens (including phenoxy) is 1. The highest BCUT2D eigenvalue weighted by molar-refractivity contribution is 7.91. The van der Waals surface area contributed by atoms with Crippen LogP contribution in [0.25, 0.3) is 21.5 Å². The molecule has 4 rings (SSSR count). The lowest BCUT2D eigenvalue weighted by Gasteiger charge is -2.18. The summed E-state index contributed by atoms with van der Waals surface area (Å²) in [6, 6.07) is 24.1. The van der Waals surface area contributed by atoms with Crippen molar-refractivity contribution in [3.8, 4) is 5.75 Å². The van der Waals surface area contributed by atoms with Crippen molar-refractivity contribution in [3.05, 3.63) is 78.9 Å². The molecule has 0 heterocycles. The van der Waals surface area contributed by atoms with Gasteiger partial charge in [-0.3, -0.25) is 0 Å². The first-order chi connectivity index (χ1) is 13.6. The predicted molar refractivity (Wildman–Crippen MR) is 114 cm³/mol. The first-order valence-electron chi connectivity index (χ1n) is 9.51. The van der Waals surface area contributed by atoms with E-state index < -0.39 is 9.84 Å². The summed E-state index contributed by atoms with van der Waals surface area (Å²) in [7, 11) is -3.75. The predicted octanol–water partition coefficient (Wildman–Crippen LogP) is 6.00. The van der Waals surface area contributed by atoms with Gasteiger partial charge in [-0.05, 0) is 29.3 Å². The molecular formula is C24H22O3S. The summed E-state index contributed by atoms with van der Waals surface area (Å²) < 4.78 is 33.5. The largest absolute Gasteiger partial charge is 0.492 e. The molecule has 4 heteroatoms. The van der Waals surface area contributed by atoms with Crippen LogP contribution in [0.1, 0.15) is 19.8 Å². The van der Waals surface area contributed by atoms with E-state index in [1.54, 1.807) is 24.3 Å². The number of sulfone groups is 1. The molecule has 0 aliphatic rings. The van der Waals surface area contributed by atoms with Crippen LogP contribution in [0.15, 0.2) is 88.7 Å². The summed E-state index contributed by atoms with van der Waals surface area (Å²) >= 11 is 0. The van der Waals surface area contributed by atoms with Crippen molar-refractivity contribution in [2.45, 2.75) is 29.6 Å². The zero-order valence-electron chi connectivity index (χ0n) is 15.8. The van der Waals surface area contributed by atoms with Gasteiger partial charge in [0.2, 0.25) is 9.84 Å². The molecule has 0 radical (unpaired) electrons. The molecule has 0 saturated heterocycles. The van der Waals surface area contributed by atoms with Crippen LogP contribution in [0.2, 0.25) is 0 Å². The van der Waals surface area contributed by atoms with Crippen LogP contribution < -0.4 is 4.74 Å². The monoisotopic (exact) mass is 390 g/mol. The SMILES string of the molecule is CCCCOc1c(S(=O)(=O)c2ccccc2)c2ccccc2c2ccccc12. The van der Waals surface area contributed by atoms with E-state index >= 15 is 0 Å². The maximum atomic E-state index is 13.7. The van der Waals surface area contributed by atoms with E-state index in [0.717, 1.165) is 29.0 Å². The van der Waals surface area contributed by atoms with Crippen molar-refractivity contribution in [1.82, 2.24) is 0 Å². The first-order valence-corrected chi connectivity index (χ1v) is 11.0. The first kappa shape index (κ1) is 18.5. The van der Waals surface area contributed by atoms with E-state index in [1.165, 1.54) is 0 Å². The van der Waals surface area contributed by atoms with Gasteiger partial charge in [0.15, 0.2) is 0 Å². The second-order valence-corrected chi connectivity index (χ2v) is 8.65. The molecule has 0 bridgehead atoms. The Morgan fingerprint density at radius 1 is 0.714 bits per heavy atom. The molecule has 0 atom stereocenters. The van der Waals surface area contributed by atoms with Gasteiger partial charge in [0.05, 0.1) is 11.5 Å². The maximum absolute atomic E-state index is 13.7. The van der Waals surface area contributed by atoms with E-state index in [2.05, 4.69) is 6.92 Å². The molecule has 0 aromatic heterocycles. The minimum Gasteiger partial charge on any atom is -0.492 e. The van der Waals surface area contributed by atoms with Gasteiger partial charge in [-0.25, -0.2) is 8.42 Å². The zero-order chi connectivity index (χ0) is 19.6. The highest BCUT2D eigenvalue weighted by Gasteiger charge is 2.27. The fraction of sp³-hybridized carbons (Fsp3) is 0.167. The normalized spacial score (nSPS) is 11.8. The Bertz CT molecular complexity index is 1230. The highest BCUT2D eigenvalue weighted by Crippen LogP contribution is 2.42. The van der Waals surface area contributed by atoms with Crippen molar-refractivity contribution in [1.29, 1.82) is 0 Å². The lowest BCUT2D eigenvalue weighted by Crippen LogP contribution is -2.08. The molecular weight excluding hydrogens is 368 g/mol. The Labute approximate surface area is 165 Å². The lowest BCUT2D eigenvalue weighted by molar-refractivity contribution is 0.306. The highest BCUT2D eigenvalue weighted by atomic mass is 32.2. The topological polar surface area (TPSA) is 43.4 Å². The fourth-order valence-corrected chi connectivity index (χ4v) is 5.15. The van der Waals surface area contributed by atoms with Gasteiger partial charge in [0, 0.05) is 10.8 Å². The third-order valence-electron chi connectivity index (χ3n) is 4.91. The molecule has 0 amide bonds. The van der Waals surface area contributed by atoms with Crippen molar-refractivity contribution in [2.24, 2.45) is 0 Å². The Kier molecular flexibility index (Phi) is 5.05. The third-order valence-corrected chi connectivity index (χ3v) is 6.74. The van der Waals surface area contributed by atoms with Gasteiger partial charge < -0.3 is 4.74 Å². The van der Waals surface area contributed by atoms with Gasteiger partial charge >= 0.3 is 0 Å². The van der Waals surface area contributed by atoms with E-state index in [9.17, 15) is 8.42 Å². The van der Waals surface area contributed by atoms with E-state index in [4.69, 9.17) is 4.74 Å². The third kappa shape index (κ3) is 3.14. The Morgan fingerprint density at radius 2 is 1.25 bits per heavy atom. The van der Waals surface area contributed by atoms with Crippen molar-refractivity contribution < 1.29 is 13.2 Å². The van der Waals surface area contributed by atoms with Gasteiger partial charge in [0.25, 0.3) is 0 Å². The molecule has 0 saturated carbocycles. The number of hydrogen-bond donors (Lipinski definition) is 0. The molecule has 0 fully saturated rings. The summed E-state index contributed by atoms with van der Waals surface area (Å²) in [4.78, 5) is 0.528. The number of hydrogen-bond acceptors (Lipinski definition) is 3. The number of unbranched alkanes of at least 4 members (excludes halogenated alkanes) is 1. The van der Waals surface area contributed by atoms with Crippen LogP contribution in [0.5, 0.6) is 5.75 Å². The molecule has 0 aliphatic heterocycles. The average Bonchev–Trinajstić information content (AvgIpc) is 2.74. The molecule has 0 spiro atoms. The van der Waals surface area contributed by atoms with Crippen molar-refractivity contribution in [2.75, 3.05) is 6.61 Å². The average molecular weight is 391 g/mol. The van der Waals surface area contributed by atoms with Gasteiger partial charge in [-0.15, -0.1) is 0 Å². The van der Waals surface area contributed by atoms with Crippen LogP contribution in [-0.2, 0) is 9.84 Å². The van der Waals surface area contributed by atoms with Crippen molar-refractivity contribution >= 4 is 31.4 Å². The summed E-state index contributed by atoms with van der Waals surface area (Å²) in [6.45, 7) is 2.57. The summed E-state index contributed by atoms with van der Waals surface area (Å²) in [5, 5.41) is 3.43. The van der Waals surface area contributed by atoms with E-state index in [-0.39, 0.29) is 9.79 Å². The van der Waals surface area contributed by atoms with Crippen LogP contribution in [0.3, 0.4) is 0 Å². The maximum Gasteiger partial charge on any atom is 0.210 e. The van der Waals surface area contributed by atoms with Gasteiger partial charge in [0.1, 0.15) is 10.6 Å². The molecule has 4 aromatic carbocycles. The summed E-state index contributed by atoms with van der Waals surface area (Å²) in [5.74, 6) is 0.451. The molecule has 0 unspecified atom stereocenters. The minimum atomic E-state index is -3.75. The van der Waals surface area contributed by atoms with Crippen LogP contribution in [0.4, 0.5) is 0 Å². The second kappa shape index (κ2) is 7.64. The number of benzene rings is 4. The number of rotatable bonds is 6. The van der Waals surface area contributed by atoms with E-state index in [1.807, 2.05) is 54.6 Å². The molecule has 3 nitrogen and oxygen atoms in total.